The third-order valence-corrected chi connectivity index (χ3v) is 2.27. The second kappa shape index (κ2) is 4.57. The zero-order chi connectivity index (χ0) is 11.4. The number of anilines is 1. The molecule has 0 amide bonds. The van der Waals surface area contributed by atoms with Gasteiger partial charge in [-0.15, -0.1) is 0 Å². The van der Waals surface area contributed by atoms with Gasteiger partial charge < -0.3 is 15.6 Å². The van der Waals surface area contributed by atoms with Crippen molar-refractivity contribution in [3.05, 3.63) is 54.1 Å². The van der Waals surface area contributed by atoms with Crippen molar-refractivity contribution in [3.63, 3.8) is 0 Å². The molecule has 2 aromatic rings. The second-order valence-electron chi connectivity index (χ2n) is 3.48. The minimum absolute atomic E-state index is 0.193. The minimum atomic E-state index is 0.193. The van der Waals surface area contributed by atoms with Crippen LogP contribution in [0.2, 0.25) is 0 Å². The summed E-state index contributed by atoms with van der Waals surface area (Å²) < 4.78 is 5.51. The van der Waals surface area contributed by atoms with Gasteiger partial charge in [0.1, 0.15) is 18.1 Å². The first kappa shape index (κ1) is 10.4. The molecule has 0 unspecified atom stereocenters. The Labute approximate surface area is 94.1 Å². The van der Waals surface area contributed by atoms with E-state index < -0.39 is 0 Å². The van der Waals surface area contributed by atoms with Gasteiger partial charge in [-0.3, -0.25) is 0 Å². The Balaban J connectivity index is 2.05. The third kappa shape index (κ3) is 2.45. The molecule has 0 radical (unpaired) electrons. The summed E-state index contributed by atoms with van der Waals surface area (Å²) in [5.74, 6) is 0.821. The molecule has 2 rings (SSSR count). The fourth-order valence-corrected chi connectivity index (χ4v) is 1.40. The number of para-hydroxylation sites is 1. The van der Waals surface area contributed by atoms with E-state index in [1.165, 1.54) is 0 Å². The van der Waals surface area contributed by atoms with Gasteiger partial charge in [-0.25, -0.2) is 0 Å². The van der Waals surface area contributed by atoms with Gasteiger partial charge in [0.15, 0.2) is 0 Å². The van der Waals surface area contributed by atoms with Crippen LogP contribution in [0.4, 0.5) is 5.69 Å². The van der Waals surface area contributed by atoms with Crippen LogP contribution in [-0.4, -0.2) is 5.11 Å². The summed E-state index contributed by atoms with van der Waals surface area (Å²) in [4.78, 5) is 0. The summed E-state index contributed by atoms with van der Waals surface area (Å²) in [6, 6.07) is 14.2. The minimum Gasteiger partial charge on any atom is -0.508 e. The predicted molar refractivity (Wildman–Crippen MR) is 63.3 cm³/mol. The van der Waals surface area contributed by atoms with Crippen LogP contribution < -0.4 is 10.5 Å². The summed E-state index contributed by atoms with van der Waals surface area (Å²) in [5, 5.41) is 9.26. The number of rotatable bonds is 3. The lowest BCUT2D eigenvalue weighted by molar-refractivity contribution is 0.305. The molecule has 0 aliphatic carbocycles. The van der Waals surface area contributed by atoms with E-state index in [1.807, 2.05) is 24.3 Å². The van der Waals surface area contributed by atoms with Gasteiger partial charge >= 0.3 is 0 Å². The number of phenolic OH excluding ortho intramolecular Hbond substituents is 1. The van der Waals surface area contributed by atoms with Crippen molar-refractivity contribution < 1.29 is 9.84 Å². The van der Waals surface area contributed by atoms with Crippen LogP contribution in [0.1, 0.15) is 5.56 Å². The Morgan fingerprint density at radius 1 is 1.06 bits per heavy atom. The van der Waals surface area contributed by atoms with E-state index in [0.717, 1.165) is 5.56 Å². The monoisotopic (exact) mass is 215 g/mol. The normalized spacial score (nSPS) is 10.0. The van der Waals surface area contributed by atoms with Gasteiger partial charge in [0.05, 0.1) is 0 Å². The standard InChI is InChI=1S/C13H13NO2/c14-13-7-2-1-4-10(13)9-16-12-6-3-5-11(15)8-12/h1-8,15H,9,14H2. The highest BCUT2D eigenvalue weighted by Gasteiger charge is 1.99. The Morgan fingerprint density at radius 3 is 2.62 bits per heavy atom. The molecule has 0 heterocycles. The summed E-state index contributed by atoms with van der Waals surface area (Å²) in [5.41, 5.74) is 7.43. The fraction of sp³-hybridized carbons (Fsp3) is 0.0769. The molecular formula is C13H13NO2. The first-order valence-corrected chi connectivity index (χ1v) is 5.01. The molecule has 0 atom stereocenters. The predicted octanol–water partition coefficient (Wildman–Crippen LogP) is 2.55. The highest BCUT2D eigenvalue weighted by molar-refractivity contribution is 5.46. The van der Waals surface area contributed by atoms with E-state index in [1.54, 1.807) is 24.3 Å². The molecule has 0 aromatic heterocycles. The number of benzene rings is 2. The fourth-order valence-electron chi connectivity index (χ4n) is 1.40. The highest BCUT2D eigenvalue weighted by Crippen LogP contribution is 2.20. The Hall–Kier alpha value is -2.16. The number of phenols is 1. The Kier molecular flexibility index (Phi) is 2.96. The van der Waals surface area contributed by atoms with Crippen molar-refractivity contribution >= 4 is 5.69 Å². The number of ether oxygens (including phenoxy) is 1. The maximum absolute atomic E-state index is 9.26. The van der Waals surface area contributed by atoms with Gasteiger partial charge in [-0.05, 0) is 18.2 Å². The van der Waals surface area contributed by atoms with Gasteiger partial charge in [0, 0.05) is 17.3 Å². The van der Waals surface area contributed by atoms with E-state index in [0.29, 0.717) is 18.0 Å². The van der Waals surface area contributed by atoms with E-state index in [2.05, 4.69) is 0 Å². The summed E-state index contributed by atoms with van der Waals surface area (Å²) in [6.45, 7) is 0.399. The average molecular weight is 215 g/mol. The molecule has 2 aromatic carbocycles. The van der Waals surface area contributed by atoms with Crippen LogP contribution >= 0.6 is 0 Å². The quantitative estimate of drug-likeness (QED) is 0.773. The largest absolute Gasteiger partial charge is 0.508 e. The molecule has 82 valence electrons. The lowest BCUT2D eigenvalue weighted by Gasteiger charge is -2.08. The van der Waals surface area contributed by atoms with Crippen molar-refractivity contribution in [1.29, 1.82) is 0 Å². The SMILES string of the molecule is Nc1ccccc1COc1cccc(O)c1. The number of aromatic hydroxyl groups is 1. The van der Waals surface area contributed by atoms with Crippen molar-refractivity contribution in [2.75, 3.05) is 5.73 Å². The number of hydrogen-bond donors (Lipinski definition) is 2. The summed E-state index contributed by atoms with van der Waals surface area (Å²) in [7, 11) is 0. The molecule has 0 aliphatic heterocycles. The molecule has 0 spiro atoms. The number of nitrogen functional groups attached to an aromatic ring is 1. The first-order valence-electron chi connectivity index (χ1n) is 5.01. The third-order valence-electron chi connectivity index (χ3n) is 2.27. The zero-order valence-electron chi connectivity index (χ0n) is 8.76. The van der Waals surface area contributed by atoms with Crippen LogP contribution in [0.5, 0.6) is 11.5 Å². The molecule has 3 N–H and O–H groups in total. The molecule has 0 saturated heterocycles. The molecule has 3 heteroatoms. The van der Waals surface area contributed by atoms with Crippen molar-refractivity contribution in [2.24, 2.45) is 0 Å². The smallest absolute Gasteiger partial charge is 0.123 e. The Morgan fingerprint density at radius 2 is 1.88 bits per heavy atom. The van der Waals surface area contributed by atoms with Crippen LogP contribution in [0.25, 0.3) is 0 Å². The zero-order valence-corrected chi connectivity index (χ0v) is 8.76. The van der Waals surface area contributed by atoms with E-state index >= 15 is 0 Å². The number of hydrogen-bond acceptors (Lipinski definition) is 3. The van der Waals surface area contributed by atoms with E-state index in [4.69, 9.17) is 10.5 Å². The van der Waals surface area contributed by atoms with Gasteiger partial charge in [0.2, 0.25) is 0 Å². The second-order valence-corrected chi connectivity index (χ2v) is 3.48. The molecular weight excluding hydrogens is 202 g/mol. The summed E-state index contributed by atoms with van der Waals surface area (Å²) >= 11 is 0. The van der Waals surface area contributed by atoms with Crippen molar-refractivity contribution in [1.82, 2.24) is 0 Å². The molecule has 0 fully saturated rings. The van der Waals surface area contributed by atoms with E-state index in [-0.39, 0.29) is 5.75 Å². The van der Waals surface area contributed by atoms with Crippen LogP contribution in [0.3, 0.4) is 0 Å². The van der Waals surface area contributed by atoms with E-state index in [9.17, 15) is 5.11 Å². The Bertz CT molecular complexity index is 483. The lowest BCUT2D eigenvalue weighted by atomic mass is 10.2. The lowest BCUT2D eigenvalue weighted by Crippen LogP contribution is -1.99. The molecule has 3 nitrogen and oxygen atoms in total. The molecule has 0 aliphatic rings. The van der Waals surface area contributed by atoms with Gasteiger partial charge in [0.25, 0.3) is 0 Å². The molecule has 16 heavy (non-hydrogen) atoms. The maximum atomic E-state index is 9.26. The van der Waals surface area contributed by atoms with Gasteiger partial charge in [-0.2, -0.15) is 0 Å². The van der Waals surface area contributed by atoms with Crippen LogP contribution in [0, 0.1) is 0 Å². The first-order chi connectivity index (χ1) is 7.75. The number of nitrogens with two attached hydrogens (primary N) is 1. The molecule has 0 saturated carbocycles. The van der Waals surface area contributed by atoms with Crippen molar-refractivity contribution in [2.45, 2.75) is 6.61 Å². The van der Waals surface area contributed by atoms with Crippen molar-refractivity contribution in [3.8, 4) is 11.5 Å². The maximum Gasteiger partial charge on any atom is 0.123 e. The summed E-state index contributed by atoms with van der Waals surface area (Å²) in [6.07, 6.45) is 0. The molecule has 0 bridgehead atoms. The highest BCUT2D eigenvalue weighted by atomic mass is 16.5. The van der Waals surface area contributed by atoms with Gasteiger partial charge in [-0.1, -0.05) is 24.3 Å². The average Bonchev–Trinajstić information content (AvgIpc) is 2.28. The van der Waals surface area contributed by atoms with Crippen LogP contribution in [-0.2, 0) is 6.61 Å². The topological polar surface area (TPSA) is 55.5 Å². The van der Waals surface area contributed by atoms with Crippen LogP contribution in [0.15, 0.2) is 48.5 Å².